The van der Waals surface area contributed by atoms with Crippen LogP contribution in [0.2, 0.25) is 0 Å². The summed E-state index contributed by atoms with van der Waals surface area (Å²) in [5.74, 6) is 0.899. The minimum Gasteiger partial charge on any atom is -0.0620 e. The van der Waals surface area contributed by atoms with Crippen LogP contribution in [0.15, 0.2) is 128 Å². The van der Waals surface area contributed by atoms with Crippen molar-refractivity contribution in [2.75, 3.05) is 0 Å². The Labute approximate surface area is 192 Å². The molecule has 0 saturated heterocycles. The number of hydrogen-bond acceptors (Lipinski definition) is 0. The average Bonchev–Trinajstić information content (AvgIpc) is 3.54. The van der Waals surface area contributed by atoms with Crippen molar-refractivity contribution in [3.8, 4) is 0 Å². The summed E-state index contributed by atoms with van der Waals surface area (Å²) in [6.45, 7) is 9.27. The summed E-state index contributed by atoms with van der Waals surface area (Å²) >= 11 is 0. The van der Waals surface area contributed by atoms with Crippen LogP contribution >= 0.6 is 0 Å². The third-order valence-corrected chi connectivity index (χ3v) is 8.28. The van der Waals surface area contributed by atoms with Crippen LogP contribution in [0.1, 0.15) is 53.4 Å². The molecule has 0 fully saturated rings. The highest BCUT2D eigenvalue weighted by atomic mass is 14.5. The highest BCUT2D eigenvalue weighted by molar-refractivity contribution is 5.79. The molecule has 0 atom stereocenters. The topological polar surface area (TPSA) is 0 Å². The molecule has 0 nitrogen and oxygen atoms in total. The second-order valence-corrected chi connectivity index (χ2v) is 9.49. The van der Waals surface area contributed by atoms with Crippen LogP contribution in [0.4, 0.5) is 0 Å². The molecule has 0 heterocycles. The molecule has 0 saturated carbocycles. The molecule has 0 amide bonds. The van der Waals surface area contributed by atoms with E-state index in [0.717, 1.165) is 25.7 Å². The van der Waals surface area contributed by atoms with E-state index < -0.39 is 0 Å². The fourth-order valence-corrected chi connectivity index (χ4v) is 6.95. The Morgan fingerprint density at radius 2 is 0.938 bits per heavy atom. The number of hydrogen-bond donors (Lipinski definition) is 0. The van der Waals surface area contributed by atoms with Gasteiger partial charge in [0.25, 0.3) is 0 Å². The van der Waals surface area contributed by atoms with Gasteiger partial charge in [0.05, 0.1) is 0 Å². The largest absolute Gasteiger partial charge is 0.0620 e. The van der Waals surface area contributed by atoms with Gasteiger partial charge in [-0.1, -0.05) is 88.5 Å². The van der Waals surface area contributed by atoms with Gasteiger partial charge in [0.1, 0.15) is 0 Å². The first-order chi connectivity index (χ1) is 15.7. The maximum absolute atomic E-state index is 2.45. The van der Waals surface area contributed by atoms with Crippen molar-refractivity contribution in [2.45, 2.75) is 53.4 Å². The molecule has 0 unspecified atom stereocenters. The second-order valence-electron chi connectivity index (χ2n) is 9.49. The monoisotopic (exact) mass is 416 g/mol. The molecule has 0 spiro atoms. The molecule has 0 aromatic rings. The van der Waals surface area contributed by atoms with E-state index in [1.54, 1.807) is 33.4 Å². The average molecular weight is 417 g/mol. The van der Waals surface area contributed by atoms with E-state index >= 15 is 0 Å². The van der Waals surface area contributed by atoms with Crippen molar-refractivity contribution in [3.63, 3.8) is 0 Å². The van der Waals surface area contributed by atoms with Gasteiger partial charge >= 0.3 is 0 Å². The molecule has 0 aromatic carbocycles. The summed E-state index contributed by atoms with van der Waals surface area (Å²) in [4.78, 5) is 0. The summed E-state index contributed by atoms with van der Waals surface area (Å²) < 4.78 is 0. The summed E-state index contributed by atoms with van der Waals surface area (Å²) in [5.41, 5.74) is 18.4. The lowest BCUT2D eigenvalue weighted by Crippen LogP contribution is -2.32. The first-order valence-corrected chi connectivity index (χ1v) is 12.5. The van der Waals surface area contributed by atoms with Gasteiger partial charge in [0.2, 0.25) is 0 Å². The molecule has 160 valence electrons. The molecule has 6 aliphatic rings. The van der Waals surface area contributed by atoms with Crippen LogP contribution in [0.25, 0.3) is 0 Å². The van der Waals surface area contributed by atoms with Gasteiger partial charge in [-0.15, -0.1) is 0 Å². The van der Waals surface area contributed by atoms with E-state index in [2.05, 4.69) is 88.5 Å². The van der Waals surface area contributed by atoms with Crippen molar-refractivity contribution in [1.82, 2.24) is 0 Å². The van der Waals surface area contributed by atoms with Gasteiger partial charge in [-0.25, -0.2) is 0 Å². The predicted molar refractivity (Wildman–Crippen MR) is 136 cm³/mol. The lowest BCUT2D eigenvalue weighted by molar-refractivity contribution is 0.539. The van der Waals surface area contributed by atoms with Gasteiger partial charge < -0.3 is 0 Å². The SMILES string of the molecule is CCC1=CC=CC=C(CC)C2=C3C(=C(CC)C4=CC=C5C(CC)=C6C=CC1=C6C3C54)C=C2. The Morgan fingerprint density at radius 1 is 0.500 bits per heavy atom. The van der Waals surface area contributed by atoms with Gasteiger partial charge in [0.15, 0.2) is 0 Å². The zero-order valence-corrected chi connectivity index (χ0v) is 19.8. The molecule has 32 heavy (non-hydrogen) atoms. The Balaban J connectivity index is 1.76. The number of allylic oxidation sites excluding steroid dienone is 22. The molecule has 0 heteroatoms. The first kappa shape index (κ1) is 19.8. The highest BCUT2D eigenvalue weighted by Gasteiger charge is 2.49. The maximum atomic E-state index is 2.45. The Kier molecular flexibility index (Phi) is 4.54. The van der Waals surface area contributed by atoms with Crippen LogP contribution in [-0.4, -0.2) is 0 Å². The van der Waals surface area contributed by atoms with E-state index in [4.69, 9.17) is 0 Å². The van der Waals surface area contributed by atoms with Gasteiger partial charge in [-0.3, -0.25) is 0 Å². The molecule has 0 bridgehead atoms. The molecule has 0 aliphatic heterocycles. The minimum absolute atomic E-state index is 0.420. The number of rotatable bonds is 4. The second kappa shape index (κ2) is 7.34. The Bertz CT molecular complexity index is 1180. The van der Waals surface area contributed by atoms with Gasteiger partial charge in [-0.05, 0) is 92.6 Å². The van der Waals surface area contributed by atoms with Gasteiger partial charge in [0, 0.05) is 11.8 Å². The third-order valence-electron chi connectivity index (χ3n) is 8.28. The van der Waals surface area contributed by atoms with E-state index in [0.29, 0.717) is 11.8 Å². The van der Waals surface area contributed by atoms with Crippen molar-refractivity contribution < 1.29 is 0 Å². The third kappa shape index (κ3) is 2.44. The van der Waals surface area contributed by atoms with Crippen molar-refractivity contribution >= 4 is 0 Å². The molecule has 0 radical (unpaired) electrons. The molecule has 6 aliphatic carbocycles. The van der Waals surface area contributed by atoms with Crippen molar-refractivity contribution in [2.24, 2.45) is 11.8 Å². The normalized spacial score (nSPS) is 27.1. The Hall–Kier alpha value is -2.86. The molecule has 0 N–H and O–H groups in total. The quantitative estimate of drug-likeness (QED) is 0.431. The predicted octanol–water partition coefficient (Wildman–Crippen LogP) is 8.50. The zero-order chi connectivity index (χ0) is 22.0. The van der Waals surface area contributed by atoms with E-state index in [1.165, 1.54) is 33.4 Å². The van der Waals surface area contributed by atoms with Crippen molar-refractivity contribution in [3.05, 3.63) is 128 Å². The van der Waals surface area contributed by atoms with E-state index in [-0.39, 0.29) is 0 Å². The molecular formula is C32H32. The summed E-state index contributed by atoms with van der Waals surface area (Å²) in [6, 6.07) is 0. The summed E-state index contributed by atoms with van der Waals surface area (Å²) in [6.07, 6.45) is 28.1. The van der Waals surface area contributed by atoms with Crippen LogP contribution in [0.3, 0.4) is 0 Å². The van der Waals surface area contributed by atoms with Crippen LogP contribution in [0, 0.1) is 11.8 Å². The lowest BCUT2D eigenvalue weighted by atomic mass is 9.59. The van der Waals surface area contributed by atoms with Crippen LogP contribution < -0.4 is 0 Å². The maximum Gasteiger partial charge on any atom is 0.0223 e. The highest BCUT2D eigenvalue weighted by Crippen LogP contribution is 2.62. The molecule has 0 aromatic heterocycles. The molecule has 6 rings (SSSR count). The van der Waals surface area contributed by atoms with E-state index in [9.17, 15) is 0 Å². The van der Waals surface area contributed by atoms with Crippen LogP contribution in [0.5, 0.6) is 0 Å². The van der Waals surface area contributed by atoms with Crippen LogP contribution in [-0.2, 0) is 0 Å². The Morgan fingerprint density at radius 3 is 1.34 bits per heavy atom. The lowest BCUT2D eigenvalue weighted by Gasteiger charge is -2.43. The zero-order valence-electron chi connectivity index (χ0n) is 19.8. The standard InChI is InChI=1S/C32H32/c1-5-19-11-9-10-12-20(6-2)24-14-16-26-22(8-4)28-18-17-27-21(7-3)25-15-13-23(19)29(25)32(30(24)26)31(27)28/h9-18,31-32H,5-8H2,1-4H3. The fourth-order valence-electron chi connectivity index (χ4n) is 6.95. The van der Waals surface area contributed by atoms with E-state index in [1.807, 2.05) is 0 Å². The molecular weight excluding hydrogens is 384 g/mol. The van der Waals surface area contributed by atoms with Crippen molar-refractivity contribution in [1.29, 1.82) is 0 Å². The summed E-state index contributed by atoms with van der Waals surface area (Å²) in [7, 11) is 0. The fraction of sp³-hybridized carbons (Fsp3) is 0.312. The first-order valence-electron chi connectivity index (χ1n) is 12.5. The summed E-state index contributed by atoms with van der Waals surface area (Å²) in [5, 5.41) is 0. The minimum atomic E-state index is 0.420. The smallest absolute Gasteiger partial charge is 0.0223 e. The van der Waals surface area contributed by atoms with Gasteiger partial charge in [-0.2, -0.15) is 0 Å².